The summed E-state index contributed by atoms with van der Waals surface area (Å²) in [6, 6.07) is 0. The quantitative estimate of drug-likeness (QED) is 0.730. The monoisotopic (exact) mass is 289 g/mol. The minimum Gasteiger partial charge on any atom is -0.476 e. The van der Waals surface area contributed by atoms with Crippen LogP contribution in [0.4, 0.5) is 0 Å². The average Bonchev–Trinajstić information content (AvgIpc) is 3.00. The van der Waals surface area contributed by atoms with E-state index in [2.05, 4.69) is 15.2 Å². The highest BCUT2D eigenvalue weighted by Gasteiger charge is 2.22. The molecular formula is C12H11N5O4. The fraction of sp³-hybridized carbons (Fsp3) is 0.250. The van der Waals surface area contributed by atoms with Crippen molar-refractivity contribution in [3.8, 4) is 0 Å². The molecule has 3 heterocycles. The second-order valence-corrected chi connectivity index (χ2v) is 4.57. The number of aryl methyl sites for hydroxylation is 2. The zero-order chi connectivity index (χ0) is 15.1. The third-order valence-corrected chi connectivity index (χ3v) is 3.19. The minimum absolute atomic E-state index is 0.0398. The first-order chi connectivity index (χ1) is 9.99. The van der Waals surface area contributed by atoms with E-state index in [-0.39, 0.29) is 28.9 Å². The Morgan fingerprint density at radius 3 is 2.86 bits per heavy atom. The van der Waals surface area contributed by atoms with E-state index in [1.165, 1.54) is 6.92 Å². The number of hydrogen-bond donors (Lipinski definition) is 1. The number of aromatic carboxylic acids is 1. The lowest BCUT2D eigenvalue weighted by atomic mass is 10.2. The molecule has 9 heteroatoms. The van der Waals surface area contributed by atoms with Gasteiger partial charge >= 0.3 is 5.97 Å². The summed E-state index contributed by atoms with van der Waals surface area (Å²) in [5, 5.41) is 16.9. The molecular weight excluding hydrogens is 278 g/mol. The van der Waals surface area contributed by atoms with E-state index in [0.717, 1.165) is 4.68 Å². The lowest BCUT2D eigenvalue weighted by molar-refractivity contribution is 0.0690. The largest absolute Gasteiger partial charge is 0.476 e. The predicted molar refractivity (Wildman–Crippen MR) is 70.1 cm³/mol. The van der Waals surface area contributed by atoms with Crippen LogP contribution in [0.3, 0.4) is 0 Å². The topological polar surface area (TPSA) is 116 Å². The van der Waals surface area contributed by atoms with Crippen LogP contribution in [0, 0.1) is 6.92 Å². The van der Waals surface area contributed by atoms with Gasteiger partial charge in [0.05, 0.1) is 30.1 Å². The van der Waals surface area contributed by atoms with Crippen LogP contribution in [0.2, 0.25) is 0 Å². The molecule has 3 aromatic heterocycles. The molecule has 0 saturated carbocycles. The van der Waals surface area contributed by atoms with Gasteiger partial charge in [-0.05, 0) is 6.92 Å². The van der Waals surface area contributed by atoms with Crippen LogP contribution in [0.1, 0.15) is 21.9 Å². The summed E-state index contributed by atoms with van der Waals surface area (Å²) in [5.41, 5.74) is -0.0962. The van der Waals surface area contributed by atoms with Crippen LogP contribution in [-0.2, 0) is 13.6 Å². The van der Waals surface area contributed by atoms with E-state index in [0.29, 0.717) is 5.69 Å². The van der Waals surface area contributed by atoms with Crippen molar-refractivity contribution in [2.75, 3.05) is 0 Å². The third kappa shape index (κ3) is 1.98. The van der Waals surface area contributed by atoms with Gasteiger partial charge in [-0.1, -0.05) is 5.16 Å². The van der Waals surface area contributed by atoms with Crippen molar-refractivity contribution in [2.45, 2.75) is 13.5 Å². The Hall–Kier alpha value is -2.97. The van der Waals surface area contributed by atoms with E-state index in [1.807, 2.05) is 0 Å². The fourth-order valence-corrected chi connectivity index (χ4v) is 2.08. The standard InChI is InChI=1S/C12H11N5O4/c1-6-8-9(15-21-6)11(18)17(14-10(8)12(19)20)4-7-3-13-5-16(7)2/h3,5H,4H2,1-2H3,(H,19,20). The number of rotatable bonds is 3. The average molecular weight is 289 g/mol. The summed E-state index contributed by atoms with van der Waals surface area (Å²) in [7, 11) is 1.77. The first-order valence-corrected chi connectivity index (χ1v) is 6.04. The second-order valence-electron chi connectivity index (χ2n) is 4.57. The summed E-state index contributed by atoms with van der Waals surface area (Å²) >= 11 is 0. The van der Waals surface area contributed by atoms with Crippen molar-refractivity contribution in [2.24, 2.45) is 7.05 Å². The van der Waals surface area contributed by atoms with Crippen LogP contribution in [0.5, 0.6) is 0 Å². The first-order valence-electron chi connectivity index (χ1n) is 6.04. The Morgan fingerprint density at radius 1 is 1.48 bits per heavy atom. The number of aromatic nitrogens is 5. The summed E-state index contributed by atoms with van der Waals surface area (Å²) < 4.78 is 7.68. The van der Waals surface area contributed by atoms with Crippen LogP contribution in [-0.4, -0.2) is 35.6 Å². The molecule has 0 aliphatic rings. The predicted octanol–water partition coefficient (Wildman–Crippen LogP) is 0.173. The molecule has 0 unspecified atom stereocenters. The summed E-state index contributed by atoms with van der Waals surface area (Å²) in [6.07, 6.45) is 3.16. The summed E-state index contributed by atoms with van der Waals surface area (Å²) in [5.74, 6) is -0.996. The van der Waals surface area contributed by atoms with Crippen LogP contribution in [0.25, 0.3) is 10.9 Å². The Bertz CT molecular complexity index is 904. The molecule has 1 N–H and O–H groups in total. The molecule has 0 saturated heterocycles. The van der Waals surface area contributed by atoms with Gasteiger partial charge in [0.1, 0.15) is 5.76 Å². The van der Waals surface area contributed by atoms with Crippen molar-refractivity contribution in [1.82, 2.24) is 24.5 Å². The van der Waals surface area contributed by atoms with Crippen LogP contribution >= 0.6 is 0 Å². The van der Waals surface area contributed by atoms with Gasteiger partial charge in [-0.2, -0.15) is 5.10 Å². The maximum Gasteiger partial charge on any atom is 0.357 e. The van der Waals surface area contributed by atoms with Crippen molar-refractivity contribution in [1.29, 1.82) is 0 Å². The molecule has 0 aliphatic carbocycles. The first kappa shape index (κ1) is 13.0. The molecule has 0 fully saturated rings. The zero-order valence-corrected chi connectivity index (χ0v) is 11.3. The van der Waals surface area contributed by atoms with Crippen LogP contribution < -0.4 is 5.56 Å². The molecule has 0 spiro atoms. The maximum absolute atomic E-state index is 12.3. The van der Waals surface area contributed by atoms with Crippen molar-refractivity contribution in [3.05, 3.63) is 40.0 Å². The Morgan fingerprint density at radius 2 is 2.24 bits per heavy atom. The smallest absolute Gasteiger partial charge is 0.357 e. The Labute approximate surface area is 117 Å². The van der Waals surface area contributed by atoms with Crippen molar-refractivity contribution >= 4 is 16.9 Å². The molecule has 0 amide bonds. The van der Waals surface area contributed by atoms with E-state index in [1.54, 1.807) is 24.1 Å². The highest BCUT2D eigenvalue weighted by Crippen LogP contribution is 2.17. The molecule has 3 aromatic rings. The number of nitrogens with zero attached hydrogens (tertiary/aromatic N) is 5. The van der Waals surface area contributed by atoms with Gasteiger partial charge < -0.3 is 14.2 Å². The van der Waals surface area contributed by atoms with Gasteiger partial charge in [-0.3, -0.25) is 4.79 Å². The molecule has 0 bridgehead atoms. The number of imidazole rings is 1. The maximum atomic E-state index is 12.3. The summed E-state index contributed by atoms with van der Waals surface area (Å²) in [6.45, 7) is 1.63. The number of fused-ring (bicyclic) bond motifs is 1. The van der Waals surface area contributed by atoms with Gasteiger partial charge in [-0.25, -0.2) is 14.5 Å². The van der Waals surface area contributed by atoms with Gasteiger partial charge in [0.25, 0.3) is 5.56 Å². The van der Waals surface area contributed by atoms with Gasteiger partial charge in [-0.15, -0.1) is 0 Å². The zero-order valence-electron chi connectivity index (χ0n) is 11.3. The number of carboxylic acids is 1. The highest BCUT2D eigenvalue weighted by molar-refractivity contribution is 6.00. The number of hydrogen-bond acceptors (Lipinski definition) is 6. The fourth-order valence-electron chi connectivity index (χ4n) is 2.08. The highest BCUT2D eigenvalue weighted by atomic mass is 16.5. The third-order valence-electron chi connectivity index (χ3n) is 3.19. The molecule has 108 valence electrons. The van der Waals surface area contributed by atoms with Crippen molar-refractivity contribution in [3.63, 3.8) is 0 Å². The van der Waals surface area contributed by atoms with Gasteiger partial charge in [0.2, 0.25) is 0 Å². The van der Waals surface area contributed by atoms with E-state index >= 15 is 0 Å². The Kier molecular flexibility index (Phi) is 2.82. The van der Waals surface area contributed by atoms with Crippen LogP contribution in [0.15, 0.2) is 21.8 Å². The molecule has 9 nitrogen and oxygen atoms in total. The lowest BCUT2D eigenvalue weighted by Crippen LogP contribution is -2.27. The Balaban J connectivity index is 2.24. The van der Waals surface area contributed by atoms with Gasteiger partial charge in [0.15, 0.2) is 11.2 Å². The summed E-state index contributed by atoms with van der Waals surface area (Å²) in [4.78, 5) is 27.6. The van der Waals surface area contributed by atoms with E-state index < -0.39 is 11.5 Å². The normalized spacial score (nSPS) is 11.1. The molecule has 21 heavy (non-hydrogen) atoms. The lowest BCUT2D eigenvalue weighted by Gasteiger charge is -2.06. The van der Waals surface area contributed by atoms with E-state index in [4.69, 9.17) is 4.52 Å². The number of carboxylic acid groups (broad SMARTS) is 1. The molecule has 0 radical (unpaired) electrons. The van der Waals surface area contributed by atoms with Crippen molar-refractivity contribution < 1.29 is 14.4 Å². The number of carbonyl (C=O) groups is 1. The second kappa shape index (κ2) is 4.54. The molecule has 3 rings (SSSR count). The molecule has 0 atom stereocenters. The van der Waals surface area contributed by atoms with E-state index in [9.17, 15) is 14.7 Å². The SMILES string of the molecule is Cc1onc2c(=O)n(Cc3cncn3C)nc(C(=O)O)c12. The van der Waals surface area contributed by atoms with Gasteiger partial charge in [0, 0.05) is 7.05 Å². The molecule has 0 aliphatic heterocycles. The molecule has 0 aromatic carbocycles. The minimum atomic E-state index is -1.25.